The Kier molecular flexibility index (Phi) is 5.36. The number of likely N-dealkylation sites (tertiary alicyclic amines) is 1. The highest BCUT2D eigenvalue weighted by molar-refractivity contribution is 6.03. The lowest BCUT2D eigenvalue weighted by molar-refractivity contribution is -0.146. The SMILES string of the molecule is CCOc1ccc(/C=C(\C#N)C(=O)N2CCCC2C(=O)O)cc1. The fraction of sp³-hybridized carbons (Fsp3) is 0.353. The van der Waals surface area contributed by atoms with Crippen molar-refractivity contribution in [3.8, 4) is 11.8 Å². The van der Waals surface area contributed by atoms with E-state index < -0.39 is 17.9 Å². The molecule has 1 aliphatic rings. The van der Waals surface area contributed by atoms with Crippen LogP contribution in [-0.2, 0) is 9.59 Å². The summed E-state index contributed by atoms with van der Waals surface area (Å²) in [4.78, 5) is 24.8. The van der Waals surface area contributed by atoms with Crippen molar-refractivity contribution in [3.05, 3.63) is 35.4 Å². The minimum absolute atomic E-state index is 0.0673. The Bertz CT molecular complexity index is 658. The summed E-state index contributed by atoms with van der Waals surface area (Å²) >= 11 is 0. The van der Waals surface area contributed by atoms with Crippen molar-refractivity contribution in [2.45, 2.75) is 25.8 Å². The van der Waals surface area contributed by atoms with Gasteiger partial charge in [0.15, 0.2) is 0 Å². The van der Waals surface area contributed by atoms with E-state index >= 15 is 0 Å². The maximum Gasteiger partial charge on any atom is 0.326 e. The van der Waals surface area contributed by atoms with Crippen molar-refractivity contribution in [1.29, 1.82) is 5.26 Å². The second kappa shape index (κ2) is 7.45. The molecular formula is C17H18N2O4. The van der Waals surface area contributed by atoms with Crippen LogP contribution in [0.5, 0.6) is 5.75 Å². The predicted molar refractivity (Wildman–Crippen MR) is 83.6 cm³/mol. The number of aliphatic carboxylic acids is 1. The highest BCUT2D eigenvalue weighted by Gasteiger charge is 2.35. The first-order valence-electron chi connectivity index (χ1n) is 7.45. The number of carboxylic acid groups (broad SMARTS) is 1. The van der Waals surface area contributed by atoms with Crippen LogP contribution in [0.2, 0.25) is 0 Å². The van der Waals surface area contributed by atoms with Crippen molar-refractivity contribution < 1.29 is 19.4 Å². The average Bonchev–Trinajstić information content (AvgIpc) is 3.03. The van der Waals surface area contributed by atoms with Gasteiger partial charge in [-0.25, -0.2) is 4.79 Å². The molecule has 1 aromatic carbocycles. The largest absolute Gasteiger partial charge is 0.494 e. The van der Waals surface area contributed by atoms with E-state index in [-0.39, 0.29) is 5.57 Å². The van der Waals surface area contributed by atoms with Crippen LogP contribution >= 0.6 is 0 Å². The molecule has 120 valence electrons. The van der Waals surface area contributed by atoms with Gasteiger partial charge in [0.2, 0.25) is 0 Å². The van der Waals surface area contributed by atoms with Gasteiger partial charge >= 0.3 is 5.97 Å². The molecule has 0 aliphatic carbocycles. The Hall–Kier alpha value is -2.81. The molecule has 1 amide bonds. The van der Waals surface area contributed by atoms with Gasteiger partial charge in [0, 0.05) is 6.54 Å². The molecule has 2 rings (SSSR count). The van der Waals surface area contributed by atoms with Crippen LogP contribution in [0.1, 0.15) is 25.3 Å². The Morgan fingerprint density at radius 1 is 1.43 bits per heavy atom. The highest BCUT2D eigenvalue weighted by Crippen LogP contribution is 2.21. The molecule has 0 radical (unpaired) electrons. The maximum atomic E-state index is 12.4. The summed E-state index contributed by atoms with van der Waals surface area (Å²) in [6.45, 7) is 2.80. The van der Waals surface area contributed by atoms with Gasteiger partial charge in [0.1, 0.15) is 23.4 Å². The van der Waals surface area contributed by atoms with Gasteiger partial charge in [-0.3, -0.25) is 4.79 Å². The van der Waals surface area contributed by atoms with E-state index in [1.165, 1.54) is 11.0 Å². The second-order valence-corrected chi connectivity index (χ2v) is 5.17. The lowest BCUT2D eigenvalue weighted by Gasteiger charge is -2.20. The smallest absolute Gasteiger partial charge is 0.326 e. The molecule has 0 spiro atoms. The number of carbonyl (C=O) groups excluding carboxylic acids is 1. The van der Waals surface area contributed by atoms with Gasteiger partial charge in [-0.1, -0.05) is 12.1 Å². The van der Waals surface area contributed by atoms with Crippen LogP contribution in [0.15, 0.2) is 29.8 Å². The molecule has 1 fully saturated rings. The monoisotopic (exact) mass is 314 g/mol. The number of hydrogen-bond acceptors (Lipinski definition) is 4. The summed E-state index contributed by atoms with van der Waals surface area (Å²) in [5.74, 6) is -0.861. The minimum atomic E-state index is -1.03. The van der Waals surface area contributed by atoms with Crippen LogP contribution in [0.4, 0.5) is 0 Å². The number of carbonyl (C=O) groups is 2. The molecule has 23 heavy (non-hydrogen) atoms. The number of nitriles is 1. The average molecular weight is 314 g/mol. The van der Waals surface area contributed by atoms with Crippen molar-refractivity contribution in [3.63, 3.8) is 0 Å². The zero-order valence-corrected chi connectivity index (χ0v) is 12.9. The van der Waals surface area contributed by atoms with E-state index in [1.807, 2.05) is 13.0 Å². The van der Waals surface area contributed by atoms with E-state index in [2.05, 4.69) is 0 Å². The second-order valence-electron chi connectivity index (χ2n) is 5.17. The third-order valence-electron chi connectivity index (χ3n) is 3.65. The molecule has 1 unspecified atom stereocenters. The first-order valence-corrected chi connectivity index (χ1v) is 7.45. The summed E-state index contributed by atoms with van der Waals surface area (Å²) in [7, 11) is 0. The molecule has 1 heterocycles. The van der Waals surface area contributed by atoms with Crippen LogP contribution in [0.25, 0.3) is 6.08 Å². The summed E-state index contributed by atoms with van der Waals surface area (Å²) in [6, 6.07) is 8.02. The van der Waals surface area contributed by atoms with Crippen LogP contribution < -0.4 is 4.74 Å². The molecule has 1 N–H and O–H groups in total. The predicted octanol–water partition coefficient (Wildman–Crippen LogP) is 2.07. The molecule has 1 saturated heterocycles. The Morgan fingerprint density at radius 3 is 2.70 bits per heavy atom. The first-order chi connectivity index (χ1) is 11.1. The molecule has 6 heteroatoms. The Labute approximate surface area is 134 Å². The lowest BCUT2D eigenvalue weighted by atomic mass is 10.1. The number of carboxylic acids is 1. The number of ether oxygens (including phenoxy) is 1. The molecular weight excluding hydrogens is 296 g/mol. The van der Waals surface area contributed by atoms with E-state index in [1.54, 1.807) is 24.3 Å². The minimum Gasteiger partial charge on any atom is -0.494 e. The Balaban J connectivity index is 2.19. The zero-order chi connectivity index (χ0) is 16.8. The summed E-state index contributed by atoms with van der Waals surface area (Å²) in [6.07, 6.45) is 2.52. The maximum absolute atomic E-state index is 12.4. The number of benzene rings is 1. The molecule has 0 bridgehead atoms. The van der Waals surface area contributed by atoms with Gasteiger partial charge < -0.3 is 14.7 Å². The fourth-order valence-corrected chi connectivity index (χ4v) is 2.56. The van der Waals surface area contributed by atoms with Gasteiger partial charge in [0.05, 0.1) is 6.61 Å². The number of hydrogen-bond donors (Lipinski definition) is 1. The van der Waals surface area contributed by atoms with Crippen LogP contribution in [0, 0.1) is 11.3 Å². The van der Waals surface area contributed by atoms with Crippen LogP contribution in [0.3, 0.4) is 0 Å². The molecule has 1 aromatic rings. The molecule has 1 atom stereocenters. The molecule has 0 aromatic heterocycles. The third kappa shape index (κ3) is 3.89. The fourth-order valence-electron chi connectivity index (χ4n) is 2.56. The number of nitrogens with zero attached hydrogens (tertiary/aromatic N) is 2. The molecule has 1 aliphatic heterocycles. The normalized spacial score (nSPS) is 17.7. The van der Waals surface area contributed by atoms with E-state index in [9.17, 15) is 14.9 Å². The van der Waals surface area contributed by atoms with Crippen molar-refractivity contribution in [2.24, 2.45) is 0 Å². The van der Waals surface area contributed by atoms with Gasteiger partial charge in [-0.15, -0.1) is 0 Å². The van der Waals surface area contributed by atoms with E-state index in [0.29, 0.717) is 37.3 Å². The first kappa shape index (κ1) is 16.6. The van der Waals surface area contributed by atoms with E-state index in [4.69, 9.17) is 9.84 Å². The van der Waals surface area contributed by atoms with Gasteiger partial charge in [0.25, 0.3) is 5.91 Å². The van der Waals surface area contributed by atoms with Crippen molar-refractivity contribution >= 4 is 18.0 Å². The summed E-state index contributed by atoms with van der Waals surface area (Å²) in [5, 5.41) is 18.4. The van der Waals surface area contributed by atoms with Crippen molar-refractivity contribution in [2.75, 3.05) is 13.2 Å². The zero-order valence-electron chi connectivity index (χ0n) is 12.9. The summed E-state index contributed by atoms with van der Waals surface area (Å²) < 4.78 is 5.34. The van der Waals surface area contributed by atoms with E-state index in [0.717, 1.165) is 0 Å². The standard InChI is InChI=1S/C17H18N2O4/c1-2-23-14-7-5-12(6-8-14)10-13(11-18)16(20)19-9-3-4-15(19)17(21)22/h5-8,10,15H,2-4,9H2,1H3,(H,21,22)/b13-10+. The lowest BCUT2D eigenvalue weighted by Crippen LogP contribution is -2.40. The van der Waals surface area contributed by atoms with Gasteiger partial charge in [-0.05, 0) is 43.5 Å². The van der Waals surface area contributed by atoms with Crippen LogP contribution in [-0.4, -0.2) is 41.1 Å². The van der Waals surface area contributed by atoms with Crippen molar-refractivity contribution in [1.82, 2.24) is 4.90 Å². The number of amides is 1. The molecule has 0 saturated carbocycles. The summed E-state index contributed by atoms with van der Waals surface area (Å²) in [5.41, 5.74) is 0.617. The molecule has 6 nitrogen and oxygen atoms in total. The third-order valence-corrected chi connectivity index (χ3v) is 3.65. The number of rotatable bonds is 5. The topological polar surface area (TPSA) is 90.6 Å². The van der Waals surface area contributed by atoms with Gasteiger partial charge in [-0.2, -0.15) is 5.26 Å². The quantitative estimate of drug-likeness (QED) is 0.663. The highest BCUT2D eigenvalue weighted by atomic mass is 16.5. The Morgan fingerprint density at radius 2 is 2.13 bits per heavy atom.